The number of halogens is 2. The summed E-state index contributed by atoms with van der Waals surface area (Å²) in [6, 6.07) is 8.45. The van der Waals surface area contributed by atoms with Crippen molar-refractivity contribution >= 4 is 29.1 Å². The molecular formula is C21H22Cl2N4O3. The molecule has 30 heavy (non-hydrogen) atoms. The highest BCUT2D eigenvalue weighted by Crippen LogP contribution is 2.28. The number of ether oxygens (including phenoxy) is 1. The fourth-order valence-corrected chi connectivity index (χ4v) is 3.85. The van der Waals surface area contributed by atoms with Crippen LogP contribution in [0.5, 0.6) is 5.75 Å². The second-order valence-electron chi connectivity index (χ2n) is 7.22. The molecule has 0 aliphatic carbocycles. The predicted octanol–water partition coefficient (Wildman–Crippen LogP) is 3.86. The van der Waals surface area contributed by atoms with Gasteiger partial charge in [-0.3, -0.25) is 14.4 Å². The molecule has 1 saturated heterocycles. The minimum absolute atomic E-state index is 0.105. The molecular weight excluding hydrogens is 427 g/mol. The third-order valence-corrected chi connectivity index (χ3v) is 5.49. The monoisotopic (exact) mass is 448 g/mol. The maximum absolute atomic E-state index is 12.8. The fraction of sp³-hybridized carbons (Fsp3) is 0.333. The number of carbonyl (C=O) groups excluding carboxylic acids is 1. The van der Waals surface area contributed by atoms with Crippen LogP contribution in [0.2, 0.25) is 10.0 Å². The largest absolute Gasteiger partial charge is 0.484 e. The first kappa shape index (κ1) is 20.8. The Morgan fingerprint density at radius 3 is 2.67 bits per heavy atom. The van der Waals surface area contributed by atoms with E-state index in [9.17, 15) is 4.79 Å². The number of piperazine rings is 1. The van der Waals surface area contributed by atoms with Gasteiger partial charge in [0.05, 0.1) is 11.2 Å². The summed E-state index contributed by atoms with van der Waals surface area (Å²) in [5.41, 5.74) is 1.17. The van der Waals surface area contributed by atoms with E-state index in [4.69, 9.17) is 32.4 Å². The Hall–Kier alpha value is -2.48. The molecule has 2 aromatic heterocycles. The Morgan fingerprint density at radius 1 is 1.17 bits per heavy atom. The van der Waals surface area contributed by atoms with E-state index in [-0.39, 0.29) is 12.5 Å². The van der Waals surface area contributed by atoms with Gasteiger partial charge in [0.1, 0.15) is 18.1 Å². The standard InChI is InChI=1S/C21H22Cl2N4O3/c1-25-12-15(11-24-25)13-26-6-8-27(9-7-26)21(28)20-5-3-17(30-20)14-29-19-4-2-16(22)10-18(19)23/h2-5,10-12H,6-9,13-14H2,1H3. The molecule has 0 spiro atoms. The van der Waals surface area contributed by atoms with Crippen LogP contribution in [-0.4, -0.2) is 51.7 Å². The lowest BCUT2D eigenvalue weighted by Gasteiger charge is -2.34. The van der Waals surface area contributed by atoms with Gasteiger partial charge >= 0.3 is 0 Å². The number of rotatable bonds is 6. The van der Waals surface area contributed by atoms with E-state index in [1.54, 1.807) is 35.0 Å². The summed E-state index contributed by atoms with van der Waals surface area (Å²) < 4.78 is 13.2. The van der Waals surface area contributed by atoms with Crippen LogP contribution in [0.1, 0.15) is 21.9 Å². The van der Waals surface area contributed by atoms with Crippen LogP contribution < -0.4 is 4.74 Å². The molecule has 1 amide bonds. The smallest absolute Gasteiger partial charge is 0.289 e. The van der Waals surface area contributed by atoms with E-state index < -0.39 is 0 Å². The van der Waals surface area contributed by atoms with E-state index in [0.717, 1.165) is 19.6 Å². The highest BCUT2D eigenvalue weighted by Gasteiger charge is 2.24. The van der Waals surface area contributed by atoms with Crippen molar-refractivity contribution in [1.29, 1.82) is 0 Å². The quantitative estimate of drug-likeness (QED) is 0.572. The summed E-state index contributed by atoms with van der Waals surface area (Å²) in [7, 11) is 1.91. The Labute approximate surface area is 184 Å². The molecule has 1 fully saturated rings. The zero-order chi connectivity index (χ0) is 21.1. The molecule has 1 aliphatic heterocycles. The number of amides is 1. The van der Waals surface area contributed by atoms with Crippen molar-refractivity contribution in [2.45, 2.75) is 13.2 Å². The first-order valence-electron chi connectivity index (χ1n) is 9.63. The highest BCUT2D eigenvalue weighted by molar-refractivity contribution is 6.35. The topological polar surface area (TPSA) is 63.7 Å². The number of furan rings is 1. The first-order chi connectivity index (χ1) is 14.5. The number of nitrogens with zero attached hydrogens (tertiary/aromatic N) is 4. The maximum Gasteiger partial charge on any atom is 0.289 e. The van der Waals surface area contributed by atoms with Crippen molar-refractivity contribution in [3.8, 4) is 5.75 Å². The summed E-state index contributed by atoms with van der Waals surface area (Å²) in [6.07, 6.45) is 3.89. The van der Waals surface area contributed by atoms with Crippen LogP contribution in [0.3, 0.4) is 0 Å². The van der Waals surface area contributed by atoms with Gasteiger partial charge in [0.25, 0.3) is 5.91 Å². The van der Waals surface area contributed by atoms with Crippen LogP contribution in [0, 0.1) is 0 Å². The number of benzene rings is 1. The van der Waals surface area contributed by atoms with Crippen molar-refractivity contribution < 1.29 is 13.9 Å². The number of aromatic nitrogens is 2. The Kier molecular flexibility index (Phi) is 6.32. The predicted molar refractivity (Wildman–Crippen MR) is 114 cm³/mol. The van der Waals surface area contributed by atoms with Gasteiger partial charge in [-0.1, -0.05) is 23.2 Å². The molecule has 0 bridgehead atoms. The van der Waals surface area contributed by atoms with E-state index in [1.165, 1.54) is 5.56 Å². The van der Waals surface area contributed by atoms with Crippen LogP contribution in [0.25, 0.3) is 0 Å². The van der Waals surface area contributed by atoms with Gasteiger partial charge in [-0.25, -0.2) is 0 Å². The van der Waals surface area contributed by atoms with Crippen molar-refractivity contribution in [2.75, 3.05) is 26.2 Å². The zero-order valence-corrected chi connectivity index (χ0v) is 18.1. The van der Waals surface area contributed by atoms with Gasteiger partial charge in [-0.15, -0.1) is 0 Å². The van der Waals surface area contributed by atoms with Gasteiger partial charge in [0.15, 0.2) is 5.76 Å². The molecule has 0 saturated carbocycles. The minimum atomic E-state index is -0.105. The van der Waals surface area contributed by atoms with Crippen LogP contribution in [0.4, 0.5) is 0 Å². The molecule has 1 aromatic carbocycles. The molecule has 0 N–H and O–H groups in total. The van der Waals surface area contributed by atoms with Gasteiger partial charge in [0, 0.05) is 56.6 Å². The molecule has 158 valence electrons. The van der Waals surface area contributed by atoms with E-state index in [2.05, 4.69) is 10.00 Å². The number of aryl methyl sites for hydroxylation is 1. The molecule has 3 aromatic rings. The molecule has 1 aliphatic rings. The first-order valence-corrected chi connectivity index (χ1v) is 10.4. The third kappa shape index (κ3) is 4.98. The average Bonchev–Trinajstić information content (AvgIpc) is 3.36. The molecule has 4 rings (SSSR count). The number of hydrogen-bond donors (Lipinski definition) is 0. The maximum atomic E-state index is 12.8. The highest BCUT2D eigenvalue weighted by atomic mass is 35.5. The second kappa shape index (κ2) is 9.12. The third-order valence-electron chi connectivity index (χ3n) is 4.96. The average molecular weight is 449 g/mol. The Bertz CT molecular complexity index is 1020. The molecule has 0 unspecified atom stereocenters. The normalized spacial score (nSPS) is 14.8. The molecule has 0 atom stereocenters. The molecule has 9 heteroatoms. The lowest BCUT2D eigenvalue weighted by molar-refractivity contribution is 0.0594. The van der Waals surface area contributed by atoms with Gasteiger partial charge in [0.2, 0.25) is 0 Å². The van der Waals surface area contributed by atoms with Crippen molar-refractivity contribution in [1.82, 2.24) is 19.6 Å². The summed E-state index contributed by atoms with van der Waals surface area (Å²) >= 11 is 12.0. The molecule has 0 radical (unpaired) electrons. The lowest BCUT2D eigenvalue weighted by atomic mass is 10.2. The van der Waals surface area contributed by atoms with Crippen molar-refractivity contribution in [3.05, 3.63) is 69.9 Å². The fourth-order valence-electron chi connectivity index (χ4n) is 3.39. The summed E-state index contributed by atoms with van der Waals surface area (Å²) in [6.45, 7) is 3.95. The zero-order valence-electron chi connectivity index (χ0n) is 16.6. The number of hydrogen-bond acceptors (Lipinski definition) is 5. The SMILES string of the molecule is Cn1cc(CN2CCN(C(=O)c3ccc(COc4ccc(Cl)cc4Cl)o3)CC2)cn1. The van der Waals surface area contributed by atoms with E-state index >= 15 is 0 Å². The van der Waals surface area contributed by atoms with Crippen molar-refractivity contribution in [2.24, 2.45) is 7.05 Å². The lowest BCUT2D eigenvalue weighted by Crippen LogP contribution is -2.48. The van der Waals surface area contributed by atoms with Crippen LogP contribution in [-0.2, 0) is 20.2 Å². The summed E-state index contributed by atoms with van der Waals surface area (Å²) in [5.74, 6) is 1.28. The van der Waals surface area contributed by atoms with Crippen LogP contribution >= 0.6 is 23.2 Å². The van der Waals surface area contributed by atoms with Gasteiger partial charge in [-0.2, -0.15) is 5.10 Å². The van der Waals surface area contributed by atoms with Gasteiger partial charge in [-0.05, 0) is 30.3 Å². The van der Waals surface area contributed by atoms with Gasteiger partial charge < -0.3 is 14.1 Å². The summed E-state index contributed by atoms with van der Waals surface area (Å²) in [5, 5.41) is 5.17. The molecule has 7 nitrogen and oxygen atoms in total. The van der Waals surface area contributed by atoms with E-state index in [0.29, 0.717) is 40.4 Å². The minimum Gasteiger partial charge on any atom is -0.484 e. The number of carbonyl (C=O) groups is 1. The Balaban J connectivity index is 1.28. The van der Waals surface area contributed by atoms with E-state index in [1.807, 2.05) is 24.3 Å². The van der Waals surface area contributed by atoms with Crippen LogP contribution in [0.15, 0.2) is 47.1 Å². The van der Waals surface area contributed by atoms with Crippen molar-refractivity contribution in [3.63, 3.8) is 0 Å². The summed E-state index contributed by atoms with van der Waals surface area (Å²) in [4.78, 5) is 16.9. The Morgan fingerprint density at radius 2 is 1.97 bits per heavy atom. The molecule has 3 heterocycles. The second-order valence-corrected chi connectivity index (χ2v) is 8.06.